The molecule has 0 atom stereocenters. The van der Waals surface area contributed by atoms with Crippen LogP contribution >= 0.6 is 11.6 Å². The van der Waals surface area contributed by atoms with Crippen molar-refractivity contribution in [2.45, 2.75) is 0 Å². The lowest BCUT2D eigenvalue weighted by atomic mass is 10.0. The minimum atomic E-state index is -0.732. The Kier molecular flexibility index (Phi) is 2.94. The molecule has 0 fully saturated rings. The summed E-state index contributed by atoms with van der Waals surface area (Å²) in [6.45, 7) is 0. The second-order valence-corrected chi connectivity index (χ2v) is 4.41. The minimum absolute atomic E-state index is 0.00229. The highest BCUT2D eigenvalue weighted by atomic mass is 35.5. The number of hydrogen-bond acceptors (Lipinski definition) is 4. The molecule has 0 spiro atoms. The molecule has 3 rings (SSSR count). The van der Waals surface area contributed by atoms with Gasteiger partial charge in [-0.25, -0.2) is 8.78 Å². The summed E-state index contributed by atoms with van der Waals surface area (Å²) in [6.07, 6.45) is 0. The van der Waals surface area contributed by atoms with Gasteiger partial charge in [-0.15, -0.1) is 0 Å². The zero-order chi connectivity index (χ0) is 14.3. The minimum Gasteiger partial charge on any atom is -0.441 e. The van der Waals surface area contributed by atoms with E-state index in [1.165, 1.54) is 6.07 Å². The van der Waals surface area contributed by atoms with Crippen molar-refractivity contribution < 1.29 is 17.7 Å². The van der Waals surface area contributed by atoms with Gasteiger partial charge in [-0.3, -0.25) is 0 Å². The van der Waals surface area contributed by atoms with E-state index in [1.807, 2.05) is 0 Å². The highest BCUT2D eigenvalue weighted by Gasteiger charge is 2.21. The van der Waals surface area contributed by atoms with Crippen molar-refractivity contribution in [2.24, 2.45) is 0 Å². The van der Waals surface area contributed by atoms with Crippen LogP contribution in [0.2, 0.25) is 5.22 Å². The summed E-state index contributed by atoms with van der Waals surface area (Å²) >= 11 is 5.69. The summed E-state index contributed by atoms with van der Waals surface area (Å²) in [4.78, 5) is 0. The molecule has 102 valence electrons. The number of furan rings is 1. The molecule has 0 unspecified atom stereocenters. The number of hydrogen-bond donors (Lipinski definition) is 1. The van der Waals surface area contributed by atoms with Crippen LogP contribution in [0, 0.1) is 11.6 Å². The van der Waals surface area contributed by atoms with E-state index in [0.29, 0.717) is 0 Å². The zero-order valence-electron chi connectivity index (χ0n) is 9.86. The van der Waals surface area contributed by atoms with Crippen LogP contribution < -0.4 is 5.73 Å². The van der Waals surface area contributed by atoms with E-state index in [0.717, 1.165) is 18.2 Å². The van der Waals surface area contributed by atoms with E-state index in [2.05, 4.69) is 5.16 Å². The second-order valence-electron chi connectivity index (χ2n) is 4.03. The third kappa shape index (κ3) is 2.14. The van der Waals surface area contributed by atoms with E-state index in [1.54, 1.807) is 6.07 Å². The van der Waals surface area contributed by atoms with Crippen LogP contribution in [0.4, 0.5) is 14.6 Å². The van der Waals surface area contributed by atoms with Gasteiger partial charge in [0.05, 0.1) is 5.56 Å². The van der Waals surface area contributed by atoms with E-state index < -0.39 is 11.6 Å². The smallest absolute Gasteiger partial charge is 0.212 e. The third-order valence-electron chi connectivity index (χ3n) is 2.67. The molecule has 0 aliphatic carbocycles. The molecule has 1 aromatic carbocycles. The highest BCUT2D eigenvalue weighted by molar-refractivity contribution is 6.29. The Bertz CT molecular complexity index is 762. The predicted octanol–water partition coefficient (Wildman–Crippen LogP) is 4.12. The molecule has 0 aliphatic heterocycles. The first-order valence-corrected chi connectivity index (χ1v) is 5.89. The molecule has 0 radical (unpaired) electrons. The molecule has 0 saturated heterocycles. The molecule has 0 aliphatic rings. The molecule has 2 aromatic heterocycles. The maximum atomic E-state index is 13.3. The van der Waals surface area contributed by atoms with Crippen molar-refractivity contribution in [3.63, 3.8) is 0 Å². The number of nitrogen functional groups attached to an aromatic ring is 1. The monoisotopic (exact) mass is 296 g/mol. The number of rotatable bonds is 2. The Morgan fingerprint density at radius 3 is 2.40 bits per heavy atom. The first kappa shape index (κ1) is 12.7. The molecule has 0 amide bonds. The highest BCUT2D eigenvalue weighted by Crippen LogP contribution is 2.38. The maximum Gasteiger partial charge on any atom is 0.212 e. The molecule has 0 saturated carbocycles. The van der Waals surface area contributed by atoms with E-state index in [-0.39, 0.29) is 33.7 Å². The summed E-state index contributed by atoms with van der Waals surface area (Å²) < 4.78 is 36.9. The van der Waals surface area contributed by atoms with Gasteiger partial charge in [0.25, 0.3) is 0 Å². The fourth-order valence-corrected chi connectivity index (χ4v) is 2.03. The van der Waals surface area contributed by atoms with Crippen molar-refractivity contribution in [1.29, 1.82) is 0 Å². The van der Waals surface area contributed by atoms with Crippen molar-refractivity contribution in [2.75, 3.05) is 5.73 Å². The van der Waals surface area contributed by atoms with Crippen LogP contribution in [-0.2, 0) is 0 Å². The van der Waals surface area contributed by atoms with Gasteiger partial charge < -0.3 is 14.7 Å². The number of halogens is 3. The Hall–Kier alpha value is -2.34. The van der Waals surface area contributed by atoms with Crippen LogP contribution in [0.1, 0.15) is 0 Å². The van der Waals surface area contributed by atoms with Crippen LogP contribution in [0.3, 0.4) is 0 Å². The lowest BCUT2D eigenvalue weighted by molar-refractivity contribution is 0.421. The van der Waals surface area contributed by atoms with Crippen molar-refractivity contribution in [3.8, 4) is 22.6 Å². The Labute approximate surface area is 116 Å². The van der Waals surface area contributed by atoms with Crippen LogP contribution in [0.25, 0.3) is 22.6 Å². The van der Waals surface area contributed by atoms with Gasteiger partial charge in [0.15, 0.2) is 16.8 Å². The largest absolute Gasteiger partial charge is 0.441 e. The Morgan fingerprint density at radius 1 is 1.10 bits per heavy atom. The van der Waals surface area contributed by atoms with Crippen molar-refractivity contribution in [3.05, 3.63) is 47.2 Å². The van der Waals surface area contributed by atoms with Crippen molar-refractivity contribution >= 4 is 17.4 Å². The van der Waals surface area contributed by atoms with Crippen LogP contribution in [0.15, 0.2) is 39.3 Å². The number of nitrogens with zero attached hydrogens (tertiary/aromatic N) is 1. The van der Waals surface area contributed by atoms with E-state index in [9.17, 15) is 8.78 Å². The molecule has 2 heterocycles. The zero-order valence-corrected chi connectivity index (χ0v) is 10.6. The molecule has 0 bridgehead atoms. The summed E-state index contributed by atoms with van der Waals surface area (Å²) in [5, 5.41) is 3.74. The summed E-state index contributed by atoms with van der Waals surface area (Å²) in [5.41, 5.74) is 6.14. The lowest BCUT2D eigenvalue weighted by Gasteiger charge is -2.02. The Balaban J connectivity index is 2.21. The molecule has 20 heavy (non-hydrogen) atoms. The standard InChI is InChI=1S/C13H7ClF2N2O2/c14-10-2-1-9(19-10)12-11(13(17)18-20-12)6-3-7(15)5-8(16)4-6/h1-5H,(H2,17,18). The quantitative estimate of drug-likeness (QED) is 0.772. The average Bonchev–Trinajstić information content (AvgIpc) is 2.94. The van der Waals surface area contributed by atoms with Gasteiger partial charge in [-0.2, -0.15) is 0 Å². The first-order valence-electron chi connectivity index (χ1n) is 5.52. The van der Waals surface area contributed by atoms with Gasteiger partial charge in [-0.05, 0) is 41.4 Å². The Morgan fingerprint density at radius 2 is 1.80 bits per heavy atom. The van der Waals surface area contributed by atoms with Gasteiger partial charge in [0.2, 0.25) is 5.76 Å². The summed E-state index contributed by atoms with van der Waals surface area (Å²) in [6, 6.07) is 6.06. The predicted molar refractivity (Wildman–Crippen MR) is 69.0 cm³/mol. The fraction of sp³-hybridized carbons (Fsp3) is 0. The molecule has 4 nitrogen and oxygen atoms in total. The molecule has 2 N–H and O–H groups in total. The molecular formula is C13H7ClF2N2O2. The topological polar surface area (TPSA) is 65.2 Å². The van der Waals surface area contributed by atoms with E-state index >= 15 is 0 Å². The molecular weight excluding hydrogens is 290 g/mol. The van der Waals surface area contributed by atoms with E-state index in [4.69, 9.17) is 26.3 Å². The van der Waals surface area contributed by atoms with Gasteiger partial charge in [0, 0.05) is 6.07 Å². The maximum absolute atomic E-state index is 13.3. The van der Waals surface area contributed by atoms with Crippen molar-refractivity contribution in [1.82, 2.24) is 5.16 Å². The molecule has 3 aromatic rings. The first-order chi connectivity index (χ1) is 9.54. The lowest BCUT2D eigenvalue weighted by Crippen LogP contribution is -1.90. The number of aromatic nitrogens is 1. The van der Waals surface area contributed by atoms with Crippen LogP contribution in [0.5, 0.6) is 0 Å². The normalized spacial score (nSPS) is 10.9. The summed E-state index contributed by atoms with van der Waals surface area (Å²) in [5.74, 6) is -1.05. The summed E-state index contributed by atoms with van der Waals surface area (Å²) in [7, 11) is 0. The van der Waals surface area contributed by atoms with Crippen LogP contribution in [-0.4, -0.2) is 5.16 Å². The SMILES string of the molecule is Nc1noc(-c2ccc(Cl)o2)c1-c1cc(F)cc(F)c1. The number of benzene rings is 1. The van der Waals surface area contributed by atoms with Gasteiger partial charge >= 0.3 is 0 Å². The van der Waals surface area contributed by atoms with Gasteiger partial charge in [-0.1, -0.05) is 5.16 Å². The number of anilines is 1. The fourth-order valence-electron chi connectivity index (χ4n) is 1.88. The van der Waals surface area contributed by atoms with Gasteiger partial charge in [0.1, 0.15) is 11.6 Å². The molecule has 7 heteroatoms. The third-order valence-corrected chi connectivity index (χ3v) is 2.87. The number of nitrogens with two attached hydrogens (primary N) is 1. The second kappa shape index (κ2) is 4.64. The average molecular weight is 297 g/mol.